The van der Waals surface area contributed by atoms with Crippen LogP contribution in [0.5, 0.6) is 0 Å². The van der Waals surface area contributed by atoms with E-state index in [0.717, 1.165) is 7.41 Å². The Morgan fingerprint density at radius 2 is 0.714 bits per heavy atom. The lowest BCUT2D eigenvalue weighted by molar-refractivity contribution is -0.133. The molecule has 0 aromatic rings. The van der Waals surface area contributed by atoms with Crippen LogP contribution in [0.2, 0.25) is 0 Å². The van der Waals surface area contributed by atoms with Crippen molar-refractivity contribution in [3.8, 4) is 0 Å². The van der Waals surface area contributed by atoms with Crippen LogP contribution in [-0.2, 0) is 52.7 Å². The zero-order valence-electron chi connectivity index (χ0n) is 35.7. The van der Waals surface area contributed by atoms with Gasteiger partial charge in [0.25, 0.3) is 7.41 Å². The minimum atomic E-state index is -2.02. The smallest absolute Gasteiger partial charge is 0.297 e. The summed E-state index contributed by atoms with van der Waals surface area (Å²) in [7, 11) is 1.11. The van der Waals surface area contributed by atoms with Gasteiger partial charge < -0.3 is 74.1 Å². The molecule has 0 spiro atoms. The van der Waals surface area contributed by atoms with Crippen molar-refractivity contribution >= 4 is 71.4 Å². The number of aldehydes is 1. The third kappa shape index (κ3) is 20.9. The highest BCUT2D eigenvalue weighted by atomic mass is 16.3. The lowest BCUT2D eigenvalue weighted by atomic mass is 9.86. The molecular formula is C36H63BN11O15. The molecule has 0 aromatic carbocycles. The molecule has 355 valence electrons. The SMILES string of the molecule is CC(NCC(=O)[B]N[C@@H](C)C=O)C(=O)CNC(C)C(=O)CNC(C)C(=O)CNC(C(=O)CNC(C(=O)CNC(C(=O)[C@@H](N)CO)C(=O)[C@@H](N)CO)C(=O)[C@@H](N)CO)C(=O)[C@@H](N)CO. The molecule has 0 aliphatic rings. The number of nitrogens with one attached hydrogen (secondary N) is 7. The van der Waals surface area contributed by atoms with Crippen molar-refractivity contribution in [1.29, 1.82) is 0 Å². The Morgan fingerprint density at radius 1 is 0.444 bits per heavy atom. The minimum absolute atomic E-state index is 0.190. The molecule has 0 fully saturated rings. The molecule has 19 N–H and O–H groups in total. The van der Waals surface area contributed by atoms with E-state index in [1.54, 1.807) is 6.92 Å². The topological polar surface area (TPSA) is 457 Å². The summed E-state index contributed by atoms with van der Waals surface area (Å²) in [5.74, 6) is -8.23. The standard InChI is InChI=1S/C36H63BN11O15/c1-16(11-49)48-37-29(59)10-44-19(4)25(55)6-42-17(2)24(54)5-43-18(3)26(56)7-45-30(33(60)20(38)12-50)27(57)8-46-31(34(61)21(39)13-51)28(58)9-47-32(35(62)22(40)14-52)36(63)23(41)15-53/h11,16-23,30-32,42-48,50-53H,5-10,12-15,38-41H2,1-4H3/t16-,17?,18?,19?,20-,21-,22-,23-,30?,31?/m0/s1. The highest BCUT2D eigenvalue weighted by molar-refractivity contribution is 6.72. The molecule has 27 heteroatoms. The number of aliphatic hydroxyl groups excluding tert-OH is 4. The molecule has 1 radical (unpaired) electrons. The number of ketones is 9. The van der Waals surface area contributed by atoms with Crippen LogP contribution in [0.4, 0.5) is 0 Å². The largest absolute Gasteiger partial charge is 0.394 e. The quantitative estimate of drug-likeness (QED) is 0.0155. The van der Waals surface area contributed by atoms with Crippen molar-refractivity contribution in [1.82, 2.24) is 37.1 Å². The molecule has 5 unspecified atom stereocenters. The van der Waals surface area contributed by atoms with Crippen LogP contribution in [0.3, 0.4) is 0 Å². The second-order valence-electron chi connectivity index (χ2n) is 14.5. The predicted molar refractivity (Wildman–Crippen MR) is 222 cm³/mol. The first-order valence-electron chi connectivity index (χ1n) is 19.7. The molecule has 10 atom stereocenters. The van der Waals surface area contributed by atoms with Gasteiger partial charge in [-0.25, -0.2) is 0 Å². The van der Waals surface area contributed by atoms with Crippen LogP contribution in [0.25, 0.3) is 0 Å². The first-order chi connectivity index (χ1) is 29.5. The van der Waals surface area contributed by atoms with Crippen LogP contribution in [0.15, 0.2) is 0 Å². The fraction of sp³-hybridized carbons (Fsp3) is 0.694. The number of nitrogens with two attached hydrogens (primary N) is 4. The van der Waals surface area contributed by atoms with Crippen LogP contribution < -0.4 is 60.1 Å². The number of hydrogen-bond donors (Lipinski definition) is 15. The first-order valence-corrected chi connectivity index (χ1v) is 19.7. The molecule has 0 saturated heterocycles. The van der Waals surface area contributed by atoms with Crippen LogP contribution in [-0.4, -0.2) is 224 Å². The summed E-state index contributed by atoms with van der Waals surface area (Å²) in [6.45, 7) is -1.20. The predicted octanol–water partition coefficient (Wildman–Crippen LogP) is -11.5. The normalized spacial score (nSPS) is 16.3. The molecule has 0 rings (SSSR count). The molecule has 0 aliphatic carbocycles. The average molecular weight is 901 g/mol. The van der Waals surface area contributed by atoms with Gasteiger partial charge in [-0.2, -0.15) is 0 Å². The molecule has 0 bridgehead atoms. The average Bonchev–Trinajstić information content (AvgIpc) is 3.28. The van der Waals surface area contributed by atoms with E-state index < -0.39 is 164 Å². The van der Waals surface area contributed by atoms with Crippen molar-refractivity contribution in [3.05, 3.63) is 0 Å². The van der Waals surface area contributed by atoms with E-state index in [2.05, 4.69) is 37.1 Å². The van der Waals surface area contributed by atoms with Crippen LogP contribution in [0.1, 0.15) is 27.7 Å². The highest BCUT2D eigenvalue weighted by Crippen LogP contribution is 2.02. The summed E-state index contributed by atoms with van der Waals surface area (Å²) in [6, 6.07) is -15.7. The summed E-state index contributed by atoms with van der Waals surface area (Å²) in [5, 5.41) is 55.3. The first kappa shape index (κ1) is 58.8. The van der Waals surface area contributed by atoms with E-state index in [-0.39, 0.29) is 25.4 Å². The third-order valence-electron chi connectivity index (χ3n) is 9.38. The number of Topliss-reactive ketones (excluding diaryl/α,β-unsaturated/α-hetero) is 9. The Bertz CT molecular complexity index is 1590. The summed E-state index contributed by atoms with van der Waals surface area (Å²) < 4.78 is 0. The third-order valence-corrected chi connectivity index (χ3v) is 9.38. The highest BCUT2D eigenvalue weighted by Gasteiger charge is 2.37. The maximum atomic E-state index is 13.4. The number of rotatable bonds is 39. The maximum absolute atomic E-state index is 13.4. The maximum Gasteiger partial charge on any atom is 0.297 e. The Morgan fingerprint density at radius 3 is 1.03 bits per heavy atom. The molecule has 0 aromatic heterocycles. The molecule has 0 saturated carbocycles. The van der Waals surface area contributed by atoms with Crippen molar-refractivity contribution in [2.24, 2.45) is 22.9 Å². The number of aliphatic hydroxyl groups is 4. The molecule has 63 heavy (non-hydrogen) atoms. The van der Waals surface area contributed by atoms with E-state index in [1.807, 2.05) is 0 Å². The van der Waals surface area contributed by atoms with Gasteiger partial charge in [-0.3, -0.25) is 59.1 Å². The summed E-state index contributed by atoms with van der Waals surface area (Å²) in [5.41, 5.74) is 22.0. The lowest BCUT2D eigenvalue weighted by Crippen LogP contribution is -2.61. The van der Waals surface area contributed by atoms with E-state index >= 15 is 0 Å². The minimum Gasteiger partial charge on any atom is -0.394 e. The Hall–Kier alpha value is -4.17. The van der Waals surface area contributed by atoms with Gasteiger partial charge in [-0.05, 0) is 27.7 Å². The van der Waals surface area contributed by atoms with Gasteiger partial charge in [-0.1, -0.05) is 0 Å². The molecule has 0 aliphatic heterocycles. The fourth-order valence-corrected chi connectivity index (χ4v) is 4.99. The molecule has 0 heterocycles. The number of carbonyl (C=O) groups excluding carboxylic acids is 11. The number of hydrogen-bond acceptors (Lipinski definition) is 26. The summed E-state index contributed by atoms with van der Waals surface area (Å²) in [4.78, 5) is 139. The van der Waals surface area contributed by atoms with Gasteiger partial charge in [0.2, 0.25) is 0 Å². The van der Waals surface area contributed by atoms with Crippen LogP contribution in [0, 0.1) is 0 Å². The van der Waals surface area contributed by atoms with Gasteiger partial charge in [0.15, 0.2) is 52.0 Å². The summed E-state index contributed by atoms with van der Waals surface area (Å²) in [6.07, 6.45) is 0.611. The zero-order chi connectivity index (χ0) is 48.6. The lowest BCUT2D eigenvalue weighted by Gasteiger charge is -2.24. The van der Waals surface area contributed by atoms with Gasteiger partial charge in [0, 0.05) is 6.54 Å². The van der Waals surface area contributed by atoms with Crippen molar-refractivity contribution in [2.45, 2.75) is 94.2 Å². The number of carbonyl (C=O) groups is 11. The fourth-order valence-electron chi connectivity index (χ4n) is 4.99. The van der Waals surface area contributed by atoms with Crippen LogP contribution >= 0.6 is 0 Å². The van der Waals surface area contributed by atoms with E-state index in [4.69, 9.17) is 22.9 Å². The van der Waals surface area contributed by atoms with E-state index in [0.29, 0.717) is 6.29 Å². The van der Waals surface area contributed by atoms with Gasteiger partial charge in [-0.15, -0.1) is 0 Å². The Balaban J connectivity index is 5.62. The molecule has 26 nitrogen and oxygen atoms in total. The van der Waals surface area contributed by atoms with Crippen molar-refractivity contribution in [2.75, 3.05) is 65.7 Å². The zero-order valence-corrected chi connectivity index (χ0v) is 35.7. The van der Waals surface area contributed by atoms with Gasteiger partial charge in [0.1, 0.15) is 30.1 Å². The molecule has 0 amide bonds. The monoisotopic (exact) mass is 900 g/mol. The van der Waals surface area contributed by atoms with Gasteiger partial charge in [0.05, 0.1) is 107 Å². The van der Waals surface area contributed by atoms with E-state index in [9.17, 15) is 73.2 Å². The second-order valence-corrected chi connectivity index (χ2v) is 14.5. The van der Waals surface area contributed by atoms with E-state index in [1.165, 1.54) is 20.8 Å². The molecular weight excluding hydrogens is 837 g/mol. The second kappa shape index (κ2) is 30.8. The Kier molecular flexibility index (Phi) is 28.8. The summed E-state index contributed by atoms with van der Waals surface area (Å²) >= 11 is 0. The van der Waals surface area contributed by atoms with Gasteiger partial charge >= 0.3 is 0 Å². The Labute approximate surface area is 364 Å². The van der Waals surface area contributed by atoms with Crippen molar-refractivity contribution in [3.63, 3.8) is 0 Å². The van der Waals surface area contributed by atoms with Crippen molar-refractivity contribution < 1.29 is 73.2 Å².